The largest absolute Gasteiger partial charge is 0.379 e. The molecule has 0 spiro atoms. The van der Waals surface area contributed by atoms with Gasteiger partial charge in [0.2, 0.25) is 5.60 Å². The van der Waals surface area contributed by atoms with Crippen LogP contribution >= 0.6 is 0 Å². The molecular weight excluding hydrogens is 256 g/mol. The van der Waals surface area contributed by atoms with Gasteiger partial charge in [0, 0.05) is 26.1 Å². The highest BCUT2D eigenvalue weighted by Gasteiger charge is 2.43. The van der Waals surface area contributed by atoms with Crippen LogP contribution < -0.4 is 0 Å². The Labute approximate surface area is 121 Å². The summed E-state index contributed by atoms with van der Waals surface area (Å²) >= 11 is 0. The summed E-state index contributed by atoms with van der Waals surface area (Å²) < 4.78 is 5.66. The number of ether oxygens (including phenoxy) is 1. The zero-order chi connectivity index (χ0) is 14.8. The van der Waals surface area contributed by atoms with Crippen molar-refractivity contribution in [3.8, 4) is 0 Å². The summed E-state index contributed by atoms with van der Waals surface area (Å²) in [5, 5.41) is 3.92. The molecule has 1 fully saturated rings. The molecule has 20 heavy (non-hydrogen) atoms. The van der Waals surface area contributed by atoms with Gasteiger partial charge in [-0.05, 0) is 46.5 Å². The van der Waals surface area contributed by atoms with Crippen LogP contribution in [0.3, 0.4) is 0 Å². The van der Waals surface area contributed by atoms with E-state index in [1.54, 1.807) is 0 Å². The Kier molecular flexibility index (Phi) is 4.68. The summed E-state index contributed by atoms with van der Waals surface area (Å²) in [7, 11) is 0. The lowest BCUT2D eigenvalue weighted by atomic mass is 9.94. The molecule has 0 aromatic carbocycles. The lowest BCUT2D eigenvalue weighted by Gasteiger charge is -2.35. The van der Waals surface area contributed by atoms with Gasteiger partial charge in [0.15, 0.2) is 0 Å². The second-order valence-corrected chi connectivity index (χ2v) is 6.44. The van der Waals surface area contributed by atoms with E-state index in [1.165, 1.54) is 0 Å². The molecule has 2 rings (SSSR count). The van der Waals surface area contributed by atoms with Crippen LogP contribution in [0.4, 0.5) is 0 Å². The number of hydrogen-bond donors (Lipinski definition) is 0. The minimum absolute atomic E-state index is 0.0707. The van der Waals surface area contributed by atoms with Crippen LogP contribution in [-0.2, 0) is 14.4 Å². The molecule has 0 saturated carbocycles. The molecule has 5 nitrogen and oxygen atoms in total. The lowest BCUT2D eigenvalue weighted by Crippen LogP contribution is -2.50. The maximum atomic E-state index is 12.5. The summed E-state index contributed by atoms with van der Waals surface area (Å²) in [5.74, 6) is 0.637. The van der Waals surface area contributed by atoms with E-state index >= 15 is 0 Å². The number of amides is 1. The van der Waals surface area contributed by atoms with Crippen molar-refractivity contribution in [2.45, 2.75) is 58.7 Å². The van der Waals surface area contributed by atoms with Crippen LogP contribution in [0.25, 0.3) is 0 Å². The van der Waals surface area contributed by atoms with E-state index in [9.17, 15) is 4.79 Å². The van der Waals surface area contributed by atoms with Crippen LogP contribution in [0.5, 0.6) is 0 Å². The van der Waals surface area contributed by atoms with E-state index in [2.05, 4.69) is 19.0 Å². The third kappa shape index (κ3) is 3.51. The van der Waals surface area contributed by atoms with Gasteiger partial charge >= 0.3 is 0 Å². The second-order valence-electron chi connectivity index (χ2n) is 6.44. The van der Waals surface area contributed by atoms with Crippen LogP contribution in [0.1, 0.15) is 47.0 Å². The minimum atomic E-state index is -0.786. The first-order chi connectivity index (χ1) is 9.40. The van der Waals surface area contributed by atoms with Gasteiger partial charge in [-0.15, -0.1) is 0 Å². The van der Waals surface area contributed by atoms with Crippen molar-refractivity contribution in [3.63, 3.8) is 0 Å². The summed E-state index contributed by atoms with van der Waals surface area (Å²) in [6, 6.07) is 0. The van der Waals surface area contributed by atoms with Crippen molar-refractivity contribution < 1.29 is 14.4 Å². The summed E-state index contributed by atoms with van der Waals surface area (Å²) in [4.78, 5) is 19.8. The van der Waals surface area contributed by atoms with Crippen LogP contribution in [0, 0.1) is 5.92 Å². The maximum Gasteiger partial charge on any atom is 0.269 e. The smallest absolute Gasteiger partial charge is 0.269 e. The number of likely N-dealkylation sites (tertiary alicyclic amines) is 1. The zero-order valence-electron chi connectivity index (χ0n) is 13.0. The van der Waals surface area contributed by atoms with Crippen molar-refractivity contribution >= 4 is 11.6 Å². The Morgan fingerprint density at radius 3 is 2.65 bits per heavy atom. The zero-order valence-corrected chi connectivity index (χ0v) is 13.0. The third-order valence-electron chi connectivity index (χ3n) is 4.02. The SMILES string of the molecule is CC1=NOC(C)(C(=O)N2CCC(COC(C)C)CC2)C1. The highest BCUT2D eigenvalue weighted by molar-refractivity contribution is 5.94. The van der Waals surface area contributed by atoms with E-state index in [4.69, 9.17) is 9.57 Å². The standard InChI is InChI=1S/C15H26N2O3/c1-11(2)19-10-13-5-7-17(8-6-13)14(18)15(4)9-12(3)16-20-15/h11,13H,5-10H2,1-4H3. The summed E-state index contributed by atoms with van der Waals surface area (Å²) in [5.41, 5.74) is 0.104. The van der Waals surface area contributed by atoms with Gasteiger partial charge in [0.25, 0.3) is 5.91 Å². The topological polar surface area (TPSA) is 51.1 Å². The molecule has 114 valence electrons. The fourth-order valence-electron chi connectivity index (χ4n) is 2.81. The minimum Gasteiger partial charge on any atom is -0.379 e. The van der Waals surface area contributed by atoms with Crippen LogP contribution in [0.2, 0.25) is 0 Å². The first-order valence-electron chi connectivity index (χ1n) is 7.53. The van der Waals surface area contributed by atoms with Gasteiger partial charge in [0.1, 0.15) is 0 Å². The van der Waals surface area contributed by atoms with Crippen molar-refractivity contribution in [2.75, 3.05) is 19.7 Å². The molecule has 1 unspecified atom stereocenters. The lowest BCUT2D eigenvalue weighted by molar-refractivity contribution is -0.155. The molecule has 0 aromatic heterocycles. The predicted octanol–water partition coefficient (Wildman–Crippen LogP) is 2.20. The van der Waals surface area contributed by atoms with Crippen molar-refractivity contribution in [1.29, 1.82) is 0 Å². The molecule has 1 atom stereocenters. The summed E-state index contributed by atoms with van der Waals surface area (Å²) in [6.45, 7) is 10.2. The molecule has 1 amide bonds. The molecule has 0 aliphatic carbocycles. The van der Waals surface area contributed by atoms with E-state index in [-0.39, 0.29) is 12.0 Å². The van der Waals surface area contributed by atoms with Gasteiger partial charge in [-0.1, -0.05) is 5.16 Å². The Morgan fingerprint density at radius 1 is 1.50 bits per heavy atom. The van der Waals surface area contributed by atoms with Crippen molar-refractivity contribution in [2.24, 2.45) is 11.1 Å². The number of carbonyl (C=O) groups excluding carboxylic acids is 1. The fourth-order valence-corrected chi connectivity index (χ4v) is 2.81. The number of hydrogen-bond acceptors (Lipinski definition) is 4. The molecule has 0 radical (unpaired) electrons. The summed E-state index contributed by atoms with van der Waals surface area (Å²) in [6.07, 6.45) is 2.89. The van der Waals surface area contributed by atoms with E-state index in [0.29, 0.717) is 12.3 Å². The average molecular weight is 282 g/mol. The predicted molar refractivity (Wildman–Crippen MR) is 77.6 cm³/mol. The average Bonchev–Trinajstić information content (AvgIpc) is 2.77. The maximum absolute atomic E-state index is 12.5. The van der Waals surface area contributed by atoms with Crippen LogP contribution in [0.15, 0.2) is 5.16 Å². The molecule has 2 heterocycles. The molecule has 5 heteroatoms. The molecule has 0 N–H and O–H groups in total. The van der Waals surface area contributed by atoms with Gasteiger partial charge in [-0.3, -0.25) is 4.79 Å². The molecule has 2 aliphatic rings. The molecule has 1 saturated heterocycles. The third-order valence-corrected chi connectivity index (χ3v) is 4.02. The Morgan fingerprint density at radius 2 is 2.15 bits per heavy atom. The van der Waals surface area contributed by atoms with Gasteiger partial charge in [0.05, 0.1) is 11.8 Å². The molecule has 2 aliphatic heterocycles. The van der Waals surface area contributed by atoms with Gasteiger partial charge in [-0.25, -0.2) is 0 Å². The Balaban J connectivity index is 1.80. The number of carbonyl (C=O) groups is 1. The Hall–Kier alpha value is -1.10. The van der Waals surface area contributed by atoms with Crippen molar-refractivity contribution in [3.05, 3.63) is 0 Å². The fraction of sp³-hybridized carbons (Fsp3) is 0.867. The molecular formula is C15H26N2O3. The van der Waals surface area contributed by atoms with Gasteiger partial charge < -0.3 is 14.5 Å². The number of piperidine rings is 1. The highest BCUT2D eigenvalue weighted by atomic mass is 16.7. The van der Waals surface area contributed by atoms with E-state index < -0.39 is 5.60 Å². The quantitative estimate of drug-likeness (QED) is 0.794. The molecule has 0 bridgehead atoms. The van der Waals surface area contributed by atoms with Gasteiger partial charge in [-0.2, -0.15) is 0 Å². The monoisotopic (exact) mass is 282 g/mol. The van der Waals surface area contributed by atoms with Crippen LogP contribution in [-0.4, -0.2) is 47.9 Å². The normalized spacial score (nSPS) is 27.6. The number of oxime groups is 1. The highest BCUT2D eigenvalue weighted by Crippen LogP contribution is 2.28. The number of rotatable bonds is 4. The van der Waals surface area contributed by atoms with Crippen molar-refractivity contribution in [1.82, 2.24) is 4.90 Å². The van der Waals surface area contributed by atoms with E-state index in [1.807, 2.05) is 18.7 Å². The molecule has 0 aromatic rings. The Bertz CT molecular complexity index is 387. The number of nitrogens with zero attached hydrogens (tertiary/aromatic N) is 2. The first kappa shape index (κ1) is 15.3. The second kappa shape index (κ2) is 6.12. The van der Waals surface area contributed by atoms with E-state index in [0.717, 1.165) is 38.2 Å². The first-order valence-corrected chi connectivity index (χ1v) is 7.53.